The Morgan fingerprint density at radius 2 is 1.92 bits per heavy atom. The van der Waals surface area contributed by atoms with Crippen molar-refractivity contribution in [3.63, 3.8) is 0 Å². The van der Waals surface area contributed by atoms with Gasteiger partial charge in [-0.05, 0) is 42.5 Å². The summed E-state index contributed by atoms with van der Waals surface area (Å²) in [7, 11) is 0. The van der Waals surface area contributed by atoms with Gasteiger partial charge in [0.05, 0.1) is 18.1 Å². The van der Waals surface area contributed by atoms with E-state index >= 15 is 0 Å². The molecule has 0 radical (unpaired) electrons. The largest absolute Gasteiger partial charge is 0.362 e. The highest BCUT2D eigenvalue weighted by molar-refractivity contribution is 5.81. The molecular weight excluding hydrogens is 320 g/mol. The minimum absolute atomic E-state index is 0.517. The number of fused-ring (bicyclic) bond motifs is 1. The Bertz CT molecular complexity index is 1160. The molecule has 5 rings (SSSR count). The molecule has 26 heavy (non-hydrogen) atoms. The fourth-order valence-corrected chi connectivity index (χ4v) is 3.43. The van der Waals surface area contributed by atoms with Crippen molar-refractivity contribution in [3.8, 4) is 22.4 Å². The van der Waals surface area contributed by atoms with Gasteiger partial charge in [0.25, 0.3) is 5.82 Å². The van der Waals surface area contributed by atoms with Crippen molar-refractivity contribution < 1.29 is 0 Å². The van der Waals surface area contributed by atoms with E-state index in [0.29, 0.717) is 11.7 Å². The highest BCUT2D eigenvalue weighted by Crippen LogP contribution is 2.41. The van der Waals surface area contributed by atoms with Crippen LogP contribution in [0.1, 0.15) is 24.3 Å². The molecule has 0 N–H and O–H groups in total. The Labute approximate surface area is 151 Å². The van der Waals surface area contributed by atoms with E-state index < -0.39 is 0 Å². The van der Waals surface area contributed by atoms with E-state index in [2.05, 4.69) is 45.1 Å². The lowest BCUT2D eigenvalue weighted by atomic mass is 9.98. The van der Waals surface area contributed by atoms with Crippen LogP contribution in [0.5, 0.6) is 0 Å². The first-order valence-electron chi connectivity index (χ1n) is 8.74. The summed E-state index contributed by atoms with van der Waals surface area (Å²) >= 11 is 0. The second kappa shape index (κ2) is 5.82. The molecule has 1 fully saturated rings. The maximum atomic E-state index is 7.32. The molecule has 0 saturated heterocycles. The van der Waals surface area contributed by atoms with Gasteiger partial charge in [0.2, 0.25) is 5.65 Å². The first kappa shape index (κ1) is 14.9. The van der Waals surface area contributed by atoms with Crippen LogP contribution in [0.2, 0.25) is 0 Å². The zero-order valence-corrected chi connectivity index (χ0v) is 14.1. The SMILES string of the molecule is [C-]#[N+]c1cnc2ccc(-c3cccnc3-c3cccc(C4CC4)c3)cn12. The molecule has 0 amide bonds. The lowest BCUT2D eigenvalue weighted by molar-refractivity contribution is 1.13. The summed E-state index contributed by atoms with van der Waals surface area (Å²) in [6, 6.07) is 16.8. The number of hydrogen-bond acceptors (Lipinski definition) is 2. The lowest BCUT2D eigenvalue weighted by Crippen LogP contribution is -1.92. The topological polar surface area (TPSA) is 34.5 Å². The van der Waals surface area contributed by atoms with Crippen LogP contribution in [0.15, 0.2) is 67.1 Å². The van der Waals surface area contributed by atoms with Gasteiger partial charge in [0.15, 0.2) is 0 Å². The number of imidazole rings is 1. The Hall–Kier alpha value is -3.45. The Morgan fingerprint density at radius 3 is 2.77 bits per heavy atom. The maximum absolute atomic E-state index is 7.32. The molecule has 0 atom stereocenters. The van der Waals surface area contributed by atoms with Gasteiger partial charge < -0.3 is 4.85 Å². The van der Waals surface area contributed by atoms with Gasteiger partial charge in [-0.3, -0.25) is 4.98 Å². The molecule has 4 nitrogen and oxygen atoms in total. The Balaban J connectivity index is 1.67. The van der Waals surface area contributed by atoms with Crippen molar-refractivity contribution in [3.05, 3.63) is 84.1 Å². The molecule has 124 valence electrons. The van der Waals surface area contributed by atoms with E-state index in [4.69, 9.17) is 6.57 Å². The molecule has 0 unspecified atom stereocenters. The summed E-state index contributed by atoms with van der Waals surface area (Å²) in [6.45, 7) is 7.32. The third-order valence-electron chi connectivity index (χ3n) is 4.93. The van der Waals surface area contributed by atoms with Gasteiger partial charge in [-0.15, -0.1) is 0 Å². The smallest absolute Gasteiger partial charge is 0.254 e. The van der Waals surface area contributed by atoms with Crippen LogP contribution in [-0.2, 0) is 0 Å². The number of nitrogens with zero attached hydrogens (tertiary/aromatic N) is 4. The van der Waals surface area contributed by atoms with Gasteiger partial charge in [0.1, 0.15) is 0 Å². The number of rotatable bonds is 3. The Kier molecular flexibility index (Phi) is 3.32. The molecule has 1 aliphatic rings. The predicted molar refractivity (Wildman–Crippen MR) is 102 cm³/mol. The zero-order valence-electron chi connectivity index (χ0n) is 14.1. The number of hydrogen-bond donors (Lipinski definition) is 0. The van der Waals surface area contributed by atoms with E-state index in [-0.39, 0.29) is 0 Å². The highest BCUT2D eigenvalue weighted by Gasteiger charge is 2.24. The lowest BCUT2D eigenvalue weighted by Gasteiger charge is -2.10. The van der Waals surface area contributed by atoms with Gasteiger partial charge in [0, 0.05) is 29.0 Å². The zero-order chi connectivity index (χ0) is 17.5. The van der Waals surface area contributed by atoms with Crippen LogP contribution < -0.4 is 0 Å². The molecule has 0 spiro atoms. The number of benzene rings is 1. The van der Waals surface area contributed by atoms with E-state index in [1.165, 1.54) is 18.4 Å². The average Bonchev–Trinajstić information content (AvgIpc) is 3.48. The van der Waals surface area contributed by atoms with Gasteiger partial charge in [-0.2, -0.15) is 0 Å². The summed E-state index contributed by atoms with van der Waals surface area (Å²) in [4.78, 5) is 12.5. The molecular formula is C22H16N4. The molecule has 4 aromatic rings. The average molecular weight is 336 g/mol. The van der Waals surface area contributed by atoms with Crippen molar-refractivity contribution in [2.75, 3.05) is 0 Å². The van der Waals surface area contributed by atoms with Crippen molar-refractivity contribution in [1.29, 1.82) is 0 Å². The molecule has 3 aromatic heterocycles. The first-order chi connectivity index (χ1) is 12.8. The quantitative estimate of drug-likeness (QED) is 0.464. The standard InChI is InChI=1S/C22H16N4/c1-23-21-13-25-20-10-9-18(14-26(20)21)19-6-3-11-24-22(19)17-5-2-4-16(12-17)15-7-8-15/h2-6,9-15H,7-8H2. The van der Waals surface area contributed by atoms with Gasteiger partial charge >= 0.3 is 0 Å². The van der Waals surface area contributed by atoms with Gasteiger partial charge in [-0.25, -0.2) is 9.38 Å². The van der Waals surface area contributed by atoms with Crippen LogP contribution in [0, 0.1) is 6.57 Å². The second-order valence-electron chi connectivity index (χ2n) is 6.67. The van der Waals surface area contributed by atoms with Crippen molar-refractivity contribution in [2.24, 2.45) is 0 Å². The summed E-state index contributed by atoms with van der Waals surface area (Å²) < 4.78 is 1.83. The van der Waals surface area contributed by atoms with E-state index in [0.717, 1.165) is 28.0 Å². The van der Waals surface area contributed by atoms with Crippen LogP contribution in [0.4, 0.5) is 5.82 Å². The molecule has 4 heteroatoms. The monoisotopic (exact) mass is 336 g/mol. The number of aromatic nitrogens is 3. The molecule has 1 aromatic carbocycles. The summed E-state index contributed by atoms with van der Waals surface area (Å²) in [5.41, 5.74) is 6.38. The number of pyridine rings is 2. The Morgan fingerprint density at radius 1 is 1.00 bits per heavy atom. The van der Waals surface area contributed by atoms with Crippen LogP contribution in [0.25, 0.3) is 32.9 Å². The minimum atomic E-state index is 0.517. The van der Waals surface area contributed by atoms with E-state index in [1.807, 2.05) is 35.0 Å². The molecule has 1 saturated carbocycles. The highest BCUT2D eigenvalue weighted by atomic mass is 15.1. The first-order valence-corrected chi connectivity index (χ1v) is 8.74. The molecule has 3 heterocycles. The van der Waals surface area contributed by atoms with Crippen LogP contribution >= 0.6 is 0 Å². The second-order valence-corrected chi connectivity index (χ2v) is 6.67. The molecule has 1 aliphatic carbocycles. The third-order valence-corrected chi connectivity index (χ3v) is 4.93. The van der Waals surface area contributed by atoms with Gasteiger partial charge in [-0.1, -0.05) is 30.8 Å². The fourth-order valence-electron chi connectivity index (χ4n) is 3.43. The van der Waals surface area contributed by atoms with Crippen molar-refractivity contribution >= 4 is 11.5 Å². The maximum Gasteiger partial charge on any atom is 0.254 e. The molecule has 0 bridgehead atoms. The fraction of sp³-hybridized carbons (Fsp3) is 0.136. The van der Waals surface area contributed by atoms with Crippen molar-refractivity contribution in [1.82, 2.24) is 14.4 Å². The predicted octanol–water partition coefficient (Wildman–Crippen LogP) is 5.49. The van der Waals surface area contributed by atoms with E-state index in [1.54, 1.807) is 6.20 Å². The normalized spacial score (nSPS) is 13.7. The summed E-state index contributed by atoms with van der Waals surface area (Å²) in [6.07, 6.45) is 7.99. The van der Waals surface area contributed by atoms with Crippen LogP contribution in [-0.4, -0.2) is 14.4 Å². The summed E-state index contributed by atoms with van der Waals surface area (Å²) in [5, 5.41) is 0. The van der Waals surface area contributed by atoms with Crippen LogP contribution in [0.3, 0.4) is 0 Å². The minimum Gasteiger partial charge on any atom is -0.362 e. The van der Waals surface area contributed by atoms with Crippen molar-refractivity contribution in [2.45, 2.75) is 18.8 Å². The summed E-state index contributed by atoms with van der Waals surface area (Å²) in [5.74, 6) is 1.23. The van der Waals surface area contributed by atoms with E-state index in [9.17, 15) is 0 Å². The third kappa shape index (κ3) is 2.46. The molecule has 0 aliphatic heterocycles.